The van der Waals surface area contributed by atoms with Crippen molar-refractivity contribution < 1.29 is 36.2 Å². The number of benzene rings is 1. The number of rotatable bonds is 3. The Morgan fingerprint density at radius 3 is 1.90 bits per heavy atom. The lowest BCUT2D eigenvalue weighted by Crippen LogP contribution is -2.48. The SMILES string of the molecule is CN(Cc1ccc(O)cc1)C(=O)C(C(F)(F)F)C(F)(F)F. The zero-order chi connectivity index (χ0) is 16.4. The van der Waals surface area contributed by atoms with Gasteiger partial charge >= 0.3 is 12.4 Å². The number of carbonyl (C=O) groups excluding carboxylic acids is 1. The highest BCUT2D eigenvalue weighted by Gasteiger charge is 2.61. The summed E-state index contributed by atoms with van der Waals surface area (Å²) in [6, 6.07) is 4.99. The van der Waals surface area contributed by atoms with E-state index < -0.39 is 30.7 Å². The van der Waals surface area contributed by atoms with Crippen molar-refractivity contribution in [1.82, 2.24) is 4.90 Å². The molecular formula is C12H11F6NO2. The van der Waals surface area contributed by atoms with Crippen LogP contribution in [-0.4, -0.2) is 35.3 Å². The molecule has 0 saturated heterocycles. The molecule has 21 heavy (non-hydrogen) atoms. The molecule has 0 saturated carbocycles. The highest BCUT2D eigenvalue weighted by Crippen LogP contribution is 2.40. The van der Waals surface area contributed by atoms with Crippen molar-refractivity contribution in [3.05, 3.63) is 29.8 Å². The Kier molecular flexibility index (Phi) is 4.75. The molecular weight excluding hydrogens is 304 g/mol. The van der Waals surface area contributed by atoms with Crippen LogP contribution in [0.25, 0.3) is 0 Å². The van der Waals surface area contributed by atoms with Crippen LogP contribution < -0.4 is 0 Å². The third-order valence-corrected chi connectivity index (χ3v) is 2.63. The van der Waals surface area contributed by atoms with Crippen molar-refractivity contribution in [2.45, 2.75) is 18.9 Å². The van der Waals surface area contributed by atoms with E-state index >= 15 is 0 Å². The zero-order valence-corrected chi connectivity index (χ0v) is 10.7. The first-order valence-electron chi connectivity index (χ1n) is 5.59. The van der Waals surface area contributed by atoms with E-state index in [2.05, 4.69) is 0 Å². The van der Waals surface area contributed by atoms with E-state index in [4.69, 9.17) is 5.11 Å². The van der Waals surface area contributed by atoms with E-state index in [0.29, 0.717) is 4.90 Å². The van der Waals surface area contributed by atoms with Gasteiger partial charge in [-0.05, 0) is 17.7 Å². The molecule has 0 unspecified atom stereocenters. The number of phenolic OH excluding ortho intramolecular Hbond substituents is 1. The third-order valence-electron chi connectivity index (χ3n) is 2.63. The minimum Gasteiger partial charge on any atom is -0.508 e. The highest BCUT2D eigenvalue weighted by atomic mass is 19.4. The minimum atomic E-state index is -5.71. The van der Waals surface area contributed by atoms with E-state index in [1.807, 2.05) is 0 Å². The quantitative estimate of drug-likeness (QED) is 0.871. The molecule has 0 aliphatic rings. The van der Waals surface area contributed by atoms with Crippen LogP contribution in [-0.2, 0) is 11.3 Å². The average Bonchev–Trinajstić information content (AvgIpc) is 2.28. The van der Waals surface area contributed by atoms with Crippen molar-refractivity contribution in [2.75, 3.05) is 7.05 Å². The van der Waals surface area contributed by atoms with E-state index in [1.165, 1.54) is 24.3 Å². The van der Waals surface area contributed by atoms with Gasteiger partial charge in [-0.15, -0.1) is 0 Å². The number of amides is 1. The van der Waals surface area contributed by atoms with Crippen LogP contribution in [0.5, 0.6) is 5.75 Å². The van der Waals surface area contributed by atoms with Crippen molar-refractivity contribution in [2.24, 2.45) is 5.92 Å². The van der Waals surface area contributed by atoms with Crippen molar-refractivity contribution >= 4 is 5.91 Å². The number of aromatic hydroxyl groups is 1. The smallest absolute Gasteiger partial charge is 0.409 e. The maximum atomic E-state index is 12.4. The maximum Gasteiger partial charge on any atom is 0.409 e. The van der Waals surface area contributed by atoms with Crippen LogP contribution in [0.2, 0.25) is 0 Å². The number of alkyl halides is 6. The summed E-state index contributed by atoms with van der Waals surface area (Å²) in [5.74, 6) is -6.24. The van der Waals surface area contributed by atoms with E-state index in [1.54, 1.807) is 0 Å². The molecule has 1 N–H and O–H groups in total. The molecule has 0 bridgehead atoms. The monoisotopic (exact) mass is 315 g/mol. The fourth-order valence-electron chi connectivity index (χ4n) is 1.64. The number of phenols is 1. The second-order valence-electron chi connectivity index (χ2n) is 4.38. The minimum absolute atomic E-state index is 0.115. The third kappa shape index (κ3) is 4.54. The van der Waals surface area contributed by atoms with Gasteiger partial charge in [-0.25, -0.2) is 0 Å². The predicted molar refractivity (Wildman–Crippen MR) is 60.2 cm³/mol. The van der Waals surface area contributed by atoms with Crippen LogP contribution in [0.1, 0.15) is 5.56 Å². The highest BCUT2D eigenvalue weighted by molar-refractivity contribution is 5.80. The van der Waals surface area contributed by atoms with Gasteiger partial charge < -0.3 is 10.0 Å². The Labute approximate surface area is 115 Å². The Hall–Kier alpha value is -1.93. The number of hydrogen-bond acceptors (Lipinski definition) is 2. The Morgan fingerprint density at radius 2 is 1.52 bits per heavy atom. The lowest BCUT2D eigenvalue weighted by Gasteiger charge is -2.27. The first kappa shape index (κ1) is 17.1. The first-order chi connectivity index (χ1) is 9.43. The molecule has 1 aromatic rings. The predicted octanol–water partition coefficient (Wildman–Crippen LogP) is 3.09. The lowest BCUT2D eigenvalue weighted by molar-refractivity contribution is -0.277. The summed E-state index contributed by atoms with van der Waals surface area (Å²) in [6.07, 6.45) is -11.4. The van der Waals surface area contributed by atoms with Gasteiger partial charge in [0.1, 0.15) is 5.75 Å². The van der Waals surface area contributed by atoms with Gasteiger partial charge in [0.15, 0.2) is 0 Å². The van der Waals surface area contributed by atoms with Gasteiger partial charge in [0.05, 0.1) is 0 Å². The largest absolute Gasteiger partial charge is 0.508 e. The van der Waals surface area contributed by atoms with Crippen LogP contribution in [0.3, 0.4) is 0 Å². The molecule has 0 spiro atoms. The second kappa shape index (κ2) is 5.82. The van der Waals surface area contributed by atoms with Gasteiger partial charge in [-0.3, -0.25) is 4.79 Å². The Bertz CT molecular complexity index is 480. The Morgan fingerprint density at radius 1 is 1.10 bits per heavy atom. The summed E-state index contributed by atoms with van der Waals surface area (Å²) in [5, 5.41) is 9.02. The topological polar surface area (TPSA) is 40.5 Å². The fourth-order valence-corrected chi connectivity index (χ4v) is 1.64. The Balaban J connectivity index is 2.91. The summed E-state index contributed by atoms with van der Waals surface area (Å²) < 4.78 is 74.5. The van der Waals surface area contributed by atoms with Gasteiger partial charge in [0, 0.05) is 13.6 Å². The standard InChI is InChI=1S/C12H11F6NO2/c1-19(6-7-2-4-8(20)5-3-7)10(21)9(11(13,14)15)12(16,17)18/h2-5,9,20H,6H2,1H3. The summed E-state index contributed by atoms with van der Waals surface area (Å²) >= 11 is 0. The molecule has 1 rings (SSSR count). The van der Waals surface area contributed by atoms with Crippen LogP contribution >= 0.6 is 0 Å². The molecule has 0 fully saturated rings. The van der Waals surface area contributed by atoms with E-state index in [0.717, 1.165) is 7.05 Å². The first-order valence-corrected chi connectivity index (χ1v) is 5.59. The zero-order valence-electron chi connectivity index (χ0n) is 10.7. The van der Waals surface area contributed by atoms with Gasteiger partial charge in [-0.2, -0.15) is 26.3 Å². The molecule has 3 nitrogen and oxygen atoms in total. The second-order valence-corrected chi connectivity index (χ2v) is 4.38. The van der Waals surface area contributed by atoms with Crippen molar-refractivity contribution in [1.29, 1.82) is 0 Å². The number of halogens is 6. The molecule has 0 aromatic heterocycles. The van der Waals surface area contributed by atoms with Crippen LogP contribution in [0, 0.1) is 5.92 Å². The fraction of sp³-hybridized carbons (Fsp3) is 0.417. The molecule has 9 heteroatoms. The maximum absolute atomic E-state index is 12.4. The van der Waals surface area contributed by atoms with Gasteiger partial charge in [-0.1, -0.05) is 12.1 Å². The molecule has 0 aliphatic carbocycles. The van der Waals surface area contributed by atoms with E-state index in [-0.39, 0.29) is 11.3 Å². The summed E-state index contributed by atoms with van der Waals surface area (Å²) in [7, 11) is 0.847. The summed E-state index contributed by atoms with van der Waals surface area (Å²) in [5.41, 5.74) is 0.284. The average molecular weight is 315 g/mol. The normalized spacial score (nSPS) is 12.6. The molecule has 0 heterocycles. The van der Waals surface area contributed by atoms with E-state index in [9.17, 15) is 31.1 Å². The lowest BCUT2D eigenvalue weighted by atomic mass is 10.1. The number of carbonyl (C=O) groups is 1. The molecule has 118 valence electrons. The van der Waals surface area contributed by atoms with Crippen LogP contribution in [0.15, 0.2) is 24.3 Å². The molecule has 1 amide bonds. The summed E-state index contributed by atoms with van der Waals surface area (Å²) in [4.78, 5) is 11.8. The van der Waals surface area contributed by atoms with Crippen LogP contribution in [0.4, 0.5) is 26.3 Å². The molecule has 1 aromatic carbocycles. The van der Waals surface area contributed by atoms with Crippen molar-refractivity contribution in [3.63, 3.8) is 0 Å². The number of hydrogen-bond donors (Lipinski definition) is 1. The van der Waals surface area contributed by atoms with Crippen molar-refractivity contribution in [3.8, 4) is 5.75 Å². The molecule has 0 aliphatic heterocycles. The summed E-state index contributed by atoms with van der Waals surface area (Å²) in [6.45, 7) is -0.443. The van der Waals surface area contributed by atoms with Gasteiger partial charge in [0.25, 0.3) is 0 Å². The molecule has 0 atom stereocenters. The molecule has 0 radical (unpaired) electrons. The number of nitrogens with zero attached hydrogens (tertiary/aromatic N) is 1. The van der Waals surface area contributed by atoms with Gasteiger partial charge in [0.2, 0.25) is 11.8 Å².